The number of carbonyl (C=O) groups is 2. The predicted molar refractivity (Wildman–Crippen MR) is 109 cm³/mol. The van der Waals surface area contributed by atoms with E-state index in [9.17, 15) is 9.59 Å². The van der Waals surface area contributed by atoms with Crippen molar-refractivity contribution in [1.82, 2.24) is 4.90 Å². The second-order valence-electron chi connectivity index (χ2n) is 9.01. The van der Waals surface area contributed by atoms with Crippen molar-refractivity contribution in [3.05, 3.63) is 34.9 Å². The van der Waals surface area contributed by atoms with Crippen molar-refractivity contribution in [3.63, 3.8) is 0 Å². The minimum absolute atomic E-state index is 0.0276. The van der Waals surface area contributed by atoms with Crippen LogP contribution in [0.1, 0.15) is 68.6 Å². The predicted octanol–water partition coefficient (Wildman–Crippen LogP) is 5.09. The number of hydrogen-bond donors (Lipinski definition) is 0. The molecule has 5 rings (SSSR count). The highest BCUT2D eigenvalue weighted by Crippen LogP contribution is 2.58. The van der Waals surface area contributed by atoms with E-state index < -0.39 is 0 Å². The lowest BCUT2D eigenvalue weighted by Gasteiger charge is -2.60. The van der Waals surface area contributed by atoms with E-state index in [1.54, 1.807) is 12.1 Å². The Kier molecular flexibility index (Phi) is 5.69. The Balaban J connectivity index is 1.55. The maximum Gasteiger partial charge on any atom is 0.305 e. The normalized spacial score (nSPS) is 30.3. The minimum atomic E-state index is -0.174. The Morgan fingerprint density at radius 3 is 2.18 bits per heavy atom. The number of ether oxygens (including phenoxy) is 1. The second-order valence-corrected chi connectivity index (χ2v) is 9.45. The molecule has 0 aromatic heterocycles. The van der Waals surface area contributed by atoms with Gasteiger partial charge in [0.25, 0.3) is 5.91 Å². The molecule has 0 N–H and O–H groups in total. The molecule has 0 aliphatic heterocycles. The summed E-state index contributed by atoms with van der Waals surface area (Å²) in [7, 11) is 0. The van der Waals surface area contributed by atoms with Crippen LogP contribution in [0.2, 0.25) is 5.02 Å². The van der Waals surface area contributed by atoms with Crippen molar-refractivity contribution >= 4 is 23.5 Å². The number of carbonyl (C=O) groups excluding carboxylic acids is 2. The van der Waals surface area contributed by atoms with Gasteiger partial charge in [-0.3, -0.25) is 9.59 Å². The summed E-state index contributed by atoms with van der Waals surface area (Å²) in [6, 6.07) is 7.21. The van der Waals surface area contributed by atoms with Gasteiger partial charge in [-0.25, -0.2) is 0 Å². The number of halogens is 1. The summed E-state index contributed by atoms with van der Waals surface area (Å²) < 4.78 is 5.07. The van der Waals surface area contributed by atoms with Gasteiger partial charge in [0.2, 0.25) is 0 Å². The molecule has 5 heteroatoms. The highest BCUT2D eigenvalue weighted by molar-refractivity contribution is 6.30. The van der Waals surface area contributed by atoms with E-state index in [4.69, 9.17) is 16.3 Å². The fourth-order valence-corrected chi connectivity index (χ4v) is 6.44. The molecule has 0 atom stereocenters. The number of hydrogen-bond acceptors (Lipinski definition) is 3. The van der Waals surface area contributed by atoms with Gasteiger partial charge in [0, 0.05) is 29.1 Å². The topological polar surface area (TPSA) is 46.6 Å². The van der Waals surface area contributed by atoms with Gasteiger partial charge >= 0.3 is 5.97 Å². The zero-order valence-electron chi connectivity index (χ0n) is 16.7. The van der Waals surface area contributed by atoms with Crippen molar-refractivity contribution in [1.29, 1.82) is 0 Å². The Morgan fingerprint density at radius 2 is 1.64 bits per heavy atom. The third-order valence-corrected chi connectivity index (χ3v) is 7.23. The molecule has 0 heterocycles. The summed E-state index contributed by atoms with van der Waals surface area (Å²) in [6.07, 6.45) is 8.40. The molecule has 4 fully saturated rings. The van der Waals surface area contributed by atoms with Gasteiger partial charge in [-0.2, -0.15) is 0 Å². The van der Waals surface area contributed by atoms with E-state index in [0.29, 0.717) is 36.6 Å². The van der Waals surface area contributed by atoms with Gasteiger partial charge in [0.1, 0.15) is 0 Å². The first-order valence-corrected chi connectivity index (χ1v) is 11.1. The largest absolute Gasteiger partial charge is 0.466 e. The zero-order chi connectivity index (χ0) is 19.7. The quantitative estimate of drug-likeness (QED) is 0.595. The Labute approximate surface area is 172 Å². The summed E-state index contributed by atoms with van der Waals surface area (Å²) in [5, 5.41) is 0.639. The lowest BCUT2D eigenvalue weighted by molar-refractivity contribution is -0.143. The summed E-state index contributed by atoms with van der Waals surface area (Å²) in [4.78, 5) is 27.5. The van der Waals surface area contributed by atoms with Crippen molar-refractivity contribution in [2.24, 2.45) is 17.8 Å². The highest BCUT2D eigenvalue weighted by Gasteiger charge is 2.54. The van der Waals surface area contributed by atoms with Crippen molar-refractivity contribution in [2.45, 2.75) is 63.8 Å². The van der Waals surface area contributed by atoms with E-state index in [1.165, 1.54) is 19.3 Å². The second kappa shape index (κ2) is 8.06. The van der Waals surface area contributed by atoms with Crippen LogP contribution in [-0.4, -0.2) is 35.5 Å². The van der Waals surface area contributed by atoms with Crippen LogP contribution in [0.15, 0.2) is 24.3 Å². The molecule has 1 amide bonds. The molecule has 1 aromatic rings. The Hall–Kier alpha value is -1.55. The average molecular weight is 404 g/mol. The first-order valence-electron chi connectivity index (χ1n) is 10.7. The number of nitrogens with zero attached hydrogens (tertiary/aromatic N) is 1. The van der Waals surface area contributed by atoms with Gasteiger partial charge in [-0.1, -0.05) is 11.6 Å². The van der Waals surface area contributed by atoms with E-state index in [1.807, 2.05) is 19.1 Å². The molecule has 0 spiro atoms. The molecular weight excluding hydrogens is 374 g/mol. The Morgan fingerprint density at radius 1 is 1.07 bits per heavy atom. The summed E-state index contributed by atoms with van der Waals surface area (Å²) in [5.41, 5.74) is 0.663. The minimum Gasteiger partial charge on any atom is -0.466 e. The number of esters is 1. The molecule has 28 heavy (non-hydrogen) atoms. The molecule has 0 saturated heterocycles. The lowest BCUT2D eigenvalue weighted by Crippen LogP contribution is -2.61. The maximum atomic E-state index is 13.5. The van der Waals surface area contributed by atoms with E-state index in [-0.39, 0.29) is 17.4 Å². The van der Waals surface area contributed by atoms with Gasteiger partial charge in [0.05, 0.1) is 6.61 Å². The fraction of sp³-hybridized carbons (Fsp3) is 0.652. The Bertz CT molecular complexity index is 695. The summed E-state index contributed by atoms with van der Waals surface area (Å²) in [6.45, 7) is 2.84. The first-order chi connectivity index (χ1) is 13.5. The molecule has 0 unspecified atom stereocenters. The lowest BCUT2D eigenvalue weighted by atomic mass is 9.52. The SMILES string of the molecule is CCOC(=O)CCCN(C(=O)c1ccc(Cl)cc1)C12CC3CC(CC(C3)C1)C2. The van der Waals surface area contributed by atoms with Crippen LogP contribution in [0.25, 0.3) is 0 Å². The van der Waals surface area contributed by atoms with Gasteiger partial charge < -0.3 is 9.64 Å². The zero-order valence-corrected chi connectivity index (χ0v) is 17.4. The standard InChI is InChI=1S/C23H30ClNO3/c1-2-28-21(26)4-3-9-25(22(27)19-5-7-20(24)8-6-19)23-13-16-10-17(14-23)12-18(11-16)15-23/h5-8,16-18H,2-4,9-15H2,1H3. The summed E-state index contributed by atoms with van der Waals surface area (Å²) >= 11 is 6.02. The van der Waals surface area contributed by atoms with Crippen LogP contribution in [0.5, 0.6) is 0 Å². The van der Waals surface area contributed by atoms with Crippen LogP contribution < -0.4 is 0 Å². The van der Waals surface area contributed by atoms with Crippen LogP contribution >= 0.6 is 11.6 Å². The van der Waals surface area contributed by atoms with Crippen LogP contribution in [0.3, 0.4) is 0 Å². The molecule has 4 bridgehead atoms. The monoisotopic (exact) mass is 403 g/mol. The first kappa shape index (κ1) is 19.8. The van der Waals surface area contributed by atoms with E-state index in [2.05, 4.69) is 4.90 Å². The van der Waals surface area contributed by atoms with Crippen molar-refractivity contribution in [3.8, 4) is 0 Å². The molecule has 4 aliphatic rings. The molecular formula is C23H30ClNO3. The van der Waals surface area contributed by atoms with Gasteiger partial charge in [-0.05, 0) is 93.9 Å². The molecule has 4 nitrogen and oxygen atoms in total. The van der Waals surface area contributed by atoms with Crippen molar-refractivity contribution < 1.29 is 14.3 Å². The highest BCUT2D eigenvalue weighted by atomic mass is 35.5. The molecule has 1 aromatic carbocycles. The third kappa shape index (κ3) is 3.94. The van der Waals surface area contributed by atoms with E-state index in [0.717, 1.165) is 37.0 Å². The molecule has 4 aliphatic carbocycles. The summed E-state index contributed by atoms with van der Waals surface area (Å²) in [5.74, 6) is 2.19. The van der Waals surface area contributed by atoms with Crippen LogP contribution in [-0.2, 0) is 9.53 Å². The van der Waals surface area contributed by atoms with Gasteiger partial charge in [0.15, 0.2) is 0 Å². The third-order valence-electron chi connectivity index (χ3n) is 6.98. The van der Waals surface area contributed by atoms with Crippen LogP contribution in [0, 0.1) is 17.8 Å². The molecule has 4 saturated carbocycles. The molecule has 152 valence electrons. The number of benzene rings is 1. The van der Waals surface area contributed by atoms with E-state index >= 15 is 0 Å². The van der Waals surface area contributed by atoms with Gasteiger partial charge in [-0.15, -0.1) is 0 Å². The number of rotatable bonds is 7. The fourth-order valence-electron chi connectivity index (χ4n) is 6.31. The number of amides is 1. The van der Waals surface area contributed by atoms with Crippen molar-refractivity contribution in [2.75, 3.05) is 13.2 Å². The smallest absolute Gasteiger partial charge is 0.305 e. The maximum absolute atomic E-state index is 13.5. The average Bonchev–Trinajstić information content (AvgIpc) is 2.64. The van der Waals surface area contributed by atoms with Crippen LogP contribution in [0.4, 0.5) is 0 Å². The molecule has 0 radical (unpaired) electrons.